The Morgan fingerprint density at radius 1 is 1.11 bits per heavy atom. The predicted molar refractivity (Wildman–Crippen MR) is 132 cm³/mol. The van der Waals surface area contributed by atoms with Crippen molar-refractivity contribution in [2.75, 3.05) is 18.0 Å². The maximum absolute atomic E-state index is 15.6. The summed E-state index contributed by atoms with van der Waals surface area (Å²) in [5.41, 5.74) is 3.18. The Bertz CT molecular complexity index is 1670. The number of aromatic amines is 1. The van der Waals surface area contributed by atoms with Gasteiger partial charge in [-0.25, -0.2) is 13.8 Å². The van der Waals surface area contributed by atoms with Gasteiger partial charge in [0.15, 0.2) is 11.4 Å². The SMILES string of the molecule is Cc1noc2cc(-c3c(-c4ccc(C#N)c(F)c4)nc(N4CCC(C)CC4)c4[nH]ncc34)c(F)cc12. The molecule has 180 valence electrons. The number of anilines is 1. The first kappa shape index (κ1) is 22.2. The van der Waals surface area contributed by atoms with Crippen LogP contribution in [0.5, 0.6) is 0 Å². The highest BCUT2D eigenvalue weighted by Crippen LogP contribution is 2.42. The third-order valence-electron chi connectivity index (χ3n) is 7.04. The number of rotatable bonds is 3. The zero-order valence-electron chi connectivity index (χ0n) is 19.8. The van der Waals surface area contributed by atoms with Crippen molar-refractivity contribution in [3.8, 4) is 28.5 Å². The Balaban J connectivity index is 1.66. The normalized spacial score (nSPS) is 14.6. The Morgan fingerprint density at radius 2 is 1.92 bits per heavy atom. The molecule has 1 N–H and O–H groups in total. The van der Waals surface area contributed by atoms with Crippen molar-refractivity contribution in [3.05, 3.63) is 59.4 Å². The molecular weight excluding hydrogens is 462 g/mol. The Hall–Kier alpha value is -4.32. The first-order valence-corrected chi connectivity index (χ1v) is 11.8. The zero-order valence-corrected chi connectivity index (χ0v) is 19.8. The zero-order chi connectivity index (χ0) is 25.0. The summed E-state index contributed by atoms with van der Waals surface area (Å²) in [4.78, 5) is 7.17. The number of nitriles is 1. The van der Waals surface area contributed by atoms with E-state index in [9.17, 15) is 9.65 Å². The van der Waals surface area contributed by atoms with Crippen molar-refractivity contribution in [3.63, 3.8) is 0 Å². The monoisotopic (exact) mass is 484 g/mol. The maximum Gasteiger partial charge on any atom is 0.167 e. The maximum atomic E-state index is 15.6. The average Bonchev–Trinajstić information content (AvgIpc) is 3.50. The number of aromatic nitrogens is 4. The summed E-state index contributed by atoms with van der Waals surface area (Å²) in [5.74, 6) is 0.171. The van der Waals surface area contributed by atoms with Gasteiger partial charge in [-0.15, -0.1) is 0 Å². The van der Waals surface area contributed by atoms with Crippen LogP contribution in [-0.4, -0.2) is 33.4 Å². The van der Waals surface area contributed by atoms with E-state index in [4.69, 9.17) is 9.51 Å². The molecule has 0 atom stereocenters. The summed E-state index contributed by atoms with van der Waals surface area (Å²) < 4.78 is 35.8. The fourth-order valence-electron chi connectivity index (χ4n) is 4.95. The van der Waals surface area contributed by atoms with Gasteiger partial charge in [0, 0.05) is 40.6 Å². The minimum Gasteiger partial charge on any atom is -0.356 e. The van der Waals surface area contributed by atoms with Crippen LogP contribution in [0.2, 0.25) is 0 Å². The van der Waals surface area contributed by atoms with Crippen molar-refractivity contribution in [2.24, 2.45) is 5.92 Å². The van der Waals surface area contributed by atoms with Crippen LogP contribution in [0.25, 0.3) is 44.3 Å². The lowest BCUT2D eigenvalue weighted by Gasteiger charge is -2.32. The van der Waals surface area contributed by atoms with E-state index in [0.717, 1.165) is 25.9 Å². The van der Waals surface area contributed by atoms with Gasteiger partial charge < -0.3 is 9.42 Å². The van der Waals surface area contributed by atoms with Gasteiger partial charge in [0.05, 0.1) is 23.1 Å². The molecule has 7 nitrogen and oxygen atoms in total. The number of fused-ring (bicyclic) bond motifs is 2. The predicted octanol–water partition coefficient (Wildman–Crippen LogP) is 6.13. The van der Waals surface area contributed by atoms with Gasteiger partial charge in [-0.3, -0.25) is 5.10 Å². The molecule has 0 radical (unpaired) electrons. The van der Waals surface area contributed by atoms with E-state index in [1.54, 1.807) is 25.3 Å². The molecule has 0 aliphatic carbocycles. The summed E-state index contributed by atoms with van der Waals surface area (Å²) in [5, 5.41) is 21.7. The summed E-state index contributed by atoms with van der Waals surface area (Å²) in [6, 6.07) is 9.16. The highest BCUT2D eigenvalue weighted by atomic mass is 19.1. The van der Waals surface area contributed by atoms with Crippen LogP contribution >= 0.6 is 0 Å². The fraction of sp³-hybridized carbons (Fsp3) is 0.259. The Kier molecular flexibility index (Phi) is 5.18. The fourth-order valence-corrected chi connectivity index (χ4v) is 4.95. The van der Waals surface area contributed by atoms with Gasteiger partial charge in [0.1, 0.15) is 23.2 Å². The topological polar surface area (TPSA) is 94.6 Å². The van der Waals surface area contributed by atoms with Crippen LogP contribution in [0.4, 0.5) is 14.6 Å². The summed E-state index contributed by atoms with van der Waals surface area (Å²) in [6.07, 6.45) is 3.69. The number of H-pyrrole nitrogens is 1. The standard InChI is InChI=1S/C27H22F2N6O/c1-14-5-7-35(8-6-14)27-26-20(13-31-33-26)24(19-11-23-18(10-22(19)29)15(2)34-36-23)25(32-27)16-3-4-17(12-30)21(28)9-16/h3-4,9-11,13-14H,5-8H2,1-2H3,(H,31,33). The van der Waals surface area contributed by atoms with E-state index in [2.05, 4.69) is 27.2 Å². The molecule has 0 saturated carbocycles. The molecule has 0 amide bonds. The van der Waals surface area contributed by atoms with Crippen LogP contribution in [0, 0.1) is 35.8 Å². The molecule has 1 saturated heterocycles. The molecule has 0 bridgehead atoms. The van der Waals surface area contributed by atoms with Crippen molar-refractivity contribution in [1.29, 1.82) is 5.26 Å². The van der Waals surface area contributed by atoms with E-state index in [0.29, 0.717) is 56.1 Å². The number of hydrogen-bond donors (Lipinski definition) is 1. The van der Waals surface area contributed by atoms with Crippen molar-refractivity contribution in [2.45, 2.75) is 26.7 Å². The van der Waals surface area contributed by atoms with Gasteiger partial charge in [0.25, 0.3) is 0 Å². The van der Waals surface area contributed by atoms with Crippen molar-refractivity contribution in [1.82, 2.24) is 20.3 Å². The lowest BCUT2D eigenvalue weighted by molar-refractivity contribution is 0.437. The second kappa shape index (κ2) is 8.41. The van der Waals surface area contributed by atoms with Gasteiger partial charge in [0.2, 0.25) is 0 Å². The van der Waals surface area contributed by atoms with E-state index in [1.165, 1.54) is 18.2 Å². The van der Waals surface area contributed by atoms with Gasteiger partial charge in [-0.2, -0.15) is 10.4 Å². The number of piperidine rings is 1. The molecule has 6 rings (SSSR count). The van der Waals surface area contributed by atoms with E-state index >= 15 is 4.39 Å². The molecule has 1 aliphatic heterocycles. The molecule has 4 heterocycles. The molecule has 1 fully saturated rings. The van der Waals surface area contributed by atoms with Crippen LogP contribution in [-0.2, 0) is 0 Å². The summed E-state index contributed by atoms with van der Waals surface area (Å²) in [6.45, 7) is 5.62. The largest absolute Gasteiger partial charge is 0.356 e. The highest BCUT2D eigenvalue weighted by Gasteiger charge is 2.26. The van der Waals surface area contributed by atoms with Crippen LogP contribution in [0.15, 0.2) is 41.1 Å². The first-order chi connectivity index (χ1) is 17.4. The number of pyridine rings is 1. The van der Waals surface area contributed by atoms with Crippen LogP contribution in [0.3, 0.4) is 0 Å². The smallest absolute Gasteiger partial charge is 0.167 e. The number of benzene rings is 2. The van der Waals surface area contributed by atoms with Gasteiger partial charge >= 0.3 is 0 Å². The molecule has 0 spiro atoms. The molecular formula is C27H22F2N6O. The molecule has 9 heteroatoms. The number of aryl methyl sites for hydroxylation is 1. The van der Waals surface area contributed by atoms with Crippen molar-refractivity contribution < 1.29 is 13.3 Å². The minimum absolute atomic E-state index is 0.0698. The highest BCUT2D eigenvalue weighted by molar-refractivity contribution is 6.06. The number of nitrogens with zero attached hydrogens (tertiary/aromatic N) is 5. The van der Waals surface area contributed by atoms with Crippen LogP contribution in [0.1, 0.15) is 31.0 Å². The molecule has 5 aromatic rings. The molecule has 36 heavy (non-hydrogen) atoms. The third-order valence-corrected chi connectivity index (χ3v) is 7.04. The van der Waals surface area contributed by atoms with Gasteiger partial charge in [-0.05, 0) is 49.9 Å². The lowest BCUT2D eigenvalue weighted by Crippen LogP contribution is -2.33. The number of halogens is 2. The quantitative estimate of drug-likeness (QED) is 0.331. The average molecular weight is 485 g/mol. The number of nitrogens with one attached hydrogen (secondary N) is 1. The van der Waals surface area contributed by atoms with Crippen molar-refractivity contribution >= 4 is 27.7 Å². The minimum atomic E-state index is -0.662. The summed E-state index contributed by atoms with van der Waals surface area (Å²) >= 11 is 0. The Morgan fingerprint density at radius 3 is 2.67 bits per heavy atom. The lowest BCUT2D eigenvalue weighted by atomic mass is 9.94. The van der Waals surface area contributed by atoms with Crippen LogP contribution < -0.4 is 4.90 Å². The molecule has 3 aromatic heterocycles. The molecule has 1 aliphatic rings. The first-order valence-electron chi connectivity index (χ1n) is 11.8. The summed E-state index contributed by atoms with van der Waals surface area (Å²) in [7, 11) is 0. The Labute approximate surface area is 205 Å². The molecule has 2 aromatic carbocycles. The second-order valence-corrected chi connectivity index (χ2v) is 9.39. The van der Waals surface area contributed by atoms with E-state index < -0.39 is 11.6 Å². The van der Waals surface area contributed by atoms with E-state index in [1.807, 2.05) is 6.07 Å². The molecule has 0 unspecified atom stereocenters. The second-order valence-electron chi connectivity index (χ2n) is 9.39. The van der Waals surface area contributed by atoms with E-state index in [-0.39, 0.29) is 11.1 Å². The van der Waals surface area contributed by atoms with Gasteiger partial charge in [-0.1, -0.05) is 18.1 Å². The number of hydrogen-bond acceptors (Lipinski definition) is 6. The third kappa shape index (κ3) is 3.49.